The fourth-order valence-corrected chi connectivity index (χ4v) is 3.10. The third-order valence-electron chi connectivity index (χ3n) is 4.14. The lowest BCUT2D eigenvalue weighted by atomic mass is 10.1. The maximum absolute atomic E-state index is 12.1. The molecule has 7 heteroatoms. The van der Waals surface area contributed by atoms with E-state index in [1.807, 2.05) is 4.90 Å². The Bertz CT molecular complexity index is 612. The second kappa shape index (κ2) is 11.6. The van der Waals surface area contributed by atoms with Gasteiger partial charge in [0.05, 0.1) is 11.6 Å². The van der Waals surface area contributed by atoms with E-state index in [4.69, 9.17) is 44.3 Å². The zero-order chi connectivity index (χ0) is 18.8. The van der Waals surface area contributed by atoms with Gasteiger partial charge in [-0.2, -0.15) is 0 Å². The SMILES string of the molecule is O=C(CCCCOc1ccc(OCC=C(Cl)Cl)c(Cl)c1)N1CCCCC1. The largest absolute Gasteiger partial charge is 0.494 e. The number of hydrogen-bond acceptors (Lipinski definition) is 3. The first kappa shape index (κ1) is 21.2. The topological polar surface area (TPSA) is 38.8 Å². The van der Waals surface area contributed by atoms with Gasteiger partial charge in [0.15, 0.2) is 0 Å². The van der Waals surface area contributed by atoms with Crippen LogP contribution in [0.15, 0.2) is 28.8 Å². The van der Waals surface area contributed by atoms with Gasteiger partial charge in [-0.1, -0.05) is 34.8 Å². The molecule has 26 heavy (non-hydrogen) atoms. The number of halogens is 3. The minimum absolute atomic E-state index is 0.153. The number of rotatable bonds is 9. The molecule has 1 aromatic rings. The van der Waals surface area contributed by atoms with Crippen LogP contribution in [-0.4, -0.2) is 37.1 Å². The number of benzene rings is 1. The lowest BCUT2D eigenvalue weighted by Crippen LogP contribution is -2.35. The molecule has 1 aliphatic rings. The molecule has 1 aromatic carbocycles. The zero-order valence-electron chi connectivity index (χ0n) is 14.7. The van der Waals surface area contributed by atoms with Crippen LogP contribution in [0, 0.1) is 0 Å². The Labute approximate surface area is 170 Å². The molecule has 1 amide bonds. The number of ether oxygens (including phenoxy) is 2. The predicted octanol–water partition coefficient (Wildman–Crippen LogP) is 5.60. The Morgan fingerprint density at radius 2 is 1.88 bits per heavy atom. The molecule has 0 radical (unpaired) electrons. The van der Waals surface area contributed by atoms with Crippen LogP contribution in [0.4, 0.5) is 0 Å². The van der Waals surface area contributed by atoms with Gasteiger partial charge in [-0.05, 0) is 50.3 Å². The summed E-state index contributed by atoms with van der Waals surface area (Å²) in [5, 5.41) is 0.460. The van der Waals surface area contributed by atoms with Gasteiger partial charge in [-0.25, -0.2) is 0 Å². The average Bonchev–Trinajstić information content (AvgIpc) is 2.63. The first-order valence-electron chi connectivity index (χ1n) is 8.90. The molecule has 0 atom stereocenters. The molecule has 0 spiro atoms. The van der Waals surface area contributed by atoms with Crippen LogP contribution >= 0.6 is 34.8 Å². The highest BCUT2D eigenvalue weighted by molar-refractivity contribution is 6.55. The van der Waals surface area contributed by atoms with Crippen molar-refractivity contribution in [3.8, 4) is 11.5 Å². The summed E-state index contributed by atoms with van der Waals surface area (Å²) in [7, 11) is 0. The molecule has 0 N–H and O–H groups in total. The first-order chi connectivity index (χ1) is 12.6. The third kappa shape index (κ3) is 7.65. The van der Waals surface area contributed by atoms with Crippen LogP contribution in [0.2, 0.25) is 5.02 Å². The number of carbonyl (C=O) groups excluding carboxylic acids is 1. The van der Waals surface area contributed by atoms with Crippen molar-refractivity contribution < 1.29 is 14.3 Å². The summed E-state index contributed by atoms with van der Waals surface area (Å²) in [6.07, 6.45) is 7.28. The van der Waals surface area contributed by atoms with Gasteiger partial charge in [0, 0.05) is 25.6 Å². The van der Waals surface area contributed by atoms with Crippen LogP contribution in [0.25, 0.3) is 0 Å². The standard InChI is InChI=1S/C19H24Cl3NO3/c20-16-14-15(7-8-17(16)26-13-9-18(21)22)25-12-5-2-6-19(24)23-10-3-1-4-11-23/h7-9,14H,1-6,10-13H2. The van der Waals surface area contributed by atoms with Crippen molar-refractivity contribution >= 4 is 40.7 Å². The minimum atomic E-state index is 0.153. The maximum Gasteiger partial charge on any atom is 0.222 e. The Balaban J connectivity index is 1.65. The van der Waals surface area contributed by atoms with Crippen molar-refractivity contribution in [2.75, 3.05) is 26.3 Å². The number of unbranched alkanes of at least 4 members (excludes halogenated alkanes) is 1. The summed E-state index contributed by atoms with van der Waals surface area (Å²) in [4.78, 5) is 14.1. The van der Waals surface area contributed by atoms with Gasteiger partial charge in [-0.15, -0.1) is 0 Å². The highest BCUT2D eigenvalue weighted by atomic mass is 35.5. The lowest BCUT2D eigenvalue weighted by Gasteiger charge is -2.26. The van der Waals surface area contributed by atoms with Gasteiger partial charge >= 0.3 is 0 Å². The summed E-state index contributed by atoms with van der Waals surface area (Å²) >= 11 is 17.2. The molecule has 1 aliphatic heterocycles. The fraction of sp³-hybridized carbons (Fsp3) is 0.526. The summed E-state index contributed by atoms with van der Waals surface area (Å²) in [6.45, 7) is 2.62. The van der Waals surface area contributed by atoms with E-state index in [1.165, 1.54) is 12.5 Å². The van der Waals surface area contributed by atoms with Crippen molar-refractivity contribution in [2.24, 2.45) is 0 Å². The molecule has 2 rings (SSSR count). The van der Waals surface area contributed by atoms with Crippen LogP contribution < -0.4 is 9.47 Å². The number of likely N-dealkylation sites (tertiary alicyclic amines) is 1. The smallest absolute Gasteiger partial charge is 0.222 e. The molecule has 0 aromatic heterocycles. The van der Waals surface area contributed by atoms with Gasteiger partial charge in [-0.3, -0.25) is 4.79 Å². The quantitative estimate of drug-likeness (QED) is 0.488. The highest BCUT2D eigenvalue weighted by Crippen LogP contribution is 2.29. The Morgan fingerprint density at radius 1 is 1.12 bits per heavy atom. The van der Waals surface area contributed by atoms with E-state index < -0.39 is 0 Å². The Kier molecular flexibility index (Phi) is 9.44. The molecule has 4 nitrogen and oxygen atoms in total. The summed E-state index contributed by atoms with van der Waals surface area (Å²) < 4.78 is 11.3. The summed E-state index contributed by atoms with van der Waals surface area (Å²) in [5.74, 6) is 1.48. The van der Waals surface area contributed by atoms with E-state index in [1.54, 1.807) is 18.2 Å². The molecule has 0 unspecified atom stereocenters. The molecule has 0 saturated carbocycles. The van der Waals surface area contributed by atoms with Gasteiger partial charge in [0.25, 0.3) is 0 Å². The van der Waals surface area contributed by atoms with Crippen molar-refractivity contribution in [3.05, 3.63) is 33.8 Å². The Morgan fingerprint density at radius 3 is 2.58 bits per heavy atom. The number of amides is 1. The fourth-order valence-electron chi connectivity index (χ4n) is 2.75. The molecule has 144 valence electrons. The van der Waals surface area contributed by atoms with E-state index in [2.05, 4.69) is 0 Å². The molecule has 0 bridgehead atoms. The summed E-state index contributed by atoms with van der Waals surface area (Å²) in [6, 6.07) is 5.25. The van der Waals surface area contributed by atoms with E-state index >= 15 is 0 Å². The maximum atomic E-state index is 12.1. The van der Waals surface area contributed by atoms with Crippen LogP contribution in [0.3, 0.4) is 0 Å². The van der Waals surface area contributed by atoms with E-state index in [9.17, 15) is 4.79 Å². The van der Waals surface area contributed by atoms with Crippen molar-refractivity contribution in [3.63, 3.8) is 0 Å². The highest BCUT2D eigenvalue weighted by Gasteiger charge is 2.15. The normalized spacial score (nSPS) is 14.0. The molecular formula is C19H24Cl3NO3. The molecule has 1 fully saturated rings. The van der Waals surface area contributed by atoms with E-state index in [0.717, 1.165) is 38.8 Å². The number of piperidine rings is 1. The molecule has 1 saturated heterocycles. The monoisotopic (exact) mass is 419 g/mol. The zero-order valence-corrected chi connectivity index (χ0v) is 17.0. The van der Waals surface area contributed by atoms with Crippen LogP contribution in [0.5, 0.6) is 11.5 Å². The first-order valence-corrected chi connectivity index (χ1v) is 10.0. The van der Waals surface area contributed by atoms with Gasteiger partial charge in [0.1, 0.15) is 22.6 Å². The van der Waals surface area contributed by atoms with Crippen LogP contribution in [-0.2, 0) is 4.79 Å². The van der Waals surface area contributed by atoms with Crippen LogP contribution in [0.1, 0.15) is 38.5 Å². The molecule has 0 aliphatic carbocycles. The predicted molar refractivity (Wildman–Crippen MR) is 107 cm³/mol. The number of carbonyl (C=O) groups is 1. The van der Waals surface area contributed by atoms with Crippen molar-refractivity contribution in [2.45, 2.75) is 38.5 Å². The number of nitrogens with zero attached hydrogens (tertiary/aromatic N) is 1. The molecular weight excluding hydrogens is 397 g/mol. The second-order valence-corrected chi connectivity index (χ2v) is 7.56. The lowest BCUT2D eigenvalue weighted by molar-refractivity contribution is -0.132. The average molecular weight is 421 g/mol. The van der Waals surface area contributed by atoms with Crippen molar-refractivity contribution in [1.29, 1.82) is 0 Å². The number of hydrogen-bond donors (Lipinski definition) is 0. The van der Waals surface area contributed by atoms with E-state index in [-0.39, 0.29) is 17.0 Å². The van der Waals surface area contributed by atoms with Crippen molar-refractivity contribution in [1.82, 2.24) is 4.90 Å². The second-order valence-electron chi connectivity index (χ2n) is 6.14. The Hall–Kier alpha value is -1.10. The minimum Gasteiger partial charge on any atom is -0.494 e. The summed E-state index contributed by atoms with van der Waals surface area (Å²) in [5.41, 5.74) is 0. The van der Waals surface area contributed by atoms with E-state index in [0.29, 0.717) is 29.5 Å². The van der Waals surface area contributed by atoms with Gasteiger partial charge in [0.2, 0.25) is 5.91 Å². The van der Waals surface area contributed by atoms with Gasteiger partial charge < -0.3 is 14.4 Å². The molecule has 1 heterocycles. The third-order valence-corrected chi connectivity index (χ3v) is 4.75.